The molecule has 0 atom stereocenters. The quantitative estimate of drug-likeness (QED) is 0.260. The van der Waals surface area contributed by atoms with E-state index < -0.39 is 24.3 Å². The van der Waals surface area contributed by atoms with Gasteiger partial charge >= 0.3 is 6.18 Å². The average Bonchev–Trinajstić information content (AvgIpc) is 3.22. The molecule has 4 rings (SSSR count). The molecule has 190 valence electrons. The Morgan fingerprint density at radius 2 is 1.73 bits per heavy atom. The van der Waals surface area contributed by atoms with Crippen LogP contribution in [0, 0.1) is 6.92 Å². The third-order valence-corrected chi connectivity index (χ3v) is 6.20. The molecule has 1 aromatic heterocycles. The molecule has 0 unspecified atom stereocenters. The lowest BCUT2D eigenvalue weighted by Gasteiger charge is -2.11. The molecule has 0 spiro atoms. The van der Waals surface area contributed by atoms with Crippen LogP contribution in [0.5, 0.6) is 5.75 Å². The predicted molar refractivity (Wildman–Crippen MR) is 137 cm³/mol. The lowest BCUT2D eigenvalue weighted by molar-refractivity contribution is -0.137. The summed E-state index contributed by atoms with van der Waals surface area (Å²) in [4.78, 5) is 30.2. The highest BCUT2D eigenvalue weighted by Crippen LogP contribution is 2.32. The zero-order valence-corrected chi connectivity index (χ0v) is 20.8. The van der Waals surface area contributed by atoms with Crippen LogP contribution in [0.4, 0.5) is 24.0 Å². The second-order valence-electron chi connectivity index (χ2n) is 7.83. The number of nitrogens with one attached hydrogen (secondary N) is 2. The van der Waals surface area contributed by atoms with Gasteiger partial charge in [0.1, 0.15) is 5.75 Å². The predicted octanol–water partition coefficient (Wildman–Crippen LogP) is 7.06. The maximum atomic E-state index is 12.8. The average molecular weight is 546 g/mol. The van der Waals surface area contributed by atoms with Crippen LogP contribution in [0.2, 0.25) is 5.02 Å². The summed E-state index contributed by atoms with van der Waals surface area (Å²) in [6, 6.07) is 17.7. The number of aromatic nitrogens is 1. The second kappa shape index (κ2) is 11.0. The number of amides is 2. The molecule has 0 saturated heterocycles. The van der Waals surface area contributed by atoms with Gasteiger partial charge < -0.3 is 10.1 Å². The molecule has 1 heterocycles. The Hall–Kier alpha value is -3.89. The van der Waals surface area contributed by atoms with Crippen LogP contribution in [-0.4, -0.2) is 23.4 Å². The Bertz CT molecular complexity index is 1440. The maximum absolute atomic E-state index is 12.8. The number of hydrogen-bond acceptors (Lipinski definition) is 5. The molecule has 0 bridgehead atoms. The number of anilines is 2. The summed E-state index contributed by atoms with van der Waals surface area (Å²) in [5.41, 5.74) is 1.06. The first-order chi connectivity index (χ1) is 17.6. The van der Waals surface area contributed by atoms with Gasteiger partial charge in [-0.1, -0.05) is 29.8 Å². The maximum Gasteiger partial charge on any atom is 0.416 e. The van der Waals surface area contributed by atoms with Crippen LogP contribution >= 0.6 is 22.9 Å². The zero-order valence-electron chi connectivity index (χ0n) is 19.2. The van der Waals surface area contributed by atoms with Gasteiger partial charge in [0, 0.05) is 26.7 Å². The van der Waals surface area contributed by atoms with Gasteiger partial charge in [0.05, 0.1) is 11.3 Å². The third kappa shape index (κ3) is 6.87. The molecule has 37 heavy (non-hydrogen) atoms. The number of carbonyl (C=O) groups excluding carboxylic acids is 2. The largest absolute Gasteiger partial charge is 0.484 e. The van der Waals surface area contributed by atoms with Gasteiger partial charge in [-0.3, -0.25) is 14.9 Å². The lowest BCUT2D eigenvalue weighted by atomic mass is 10.1. The Labute approximate surface area is 219 Å². The molecule has 0 aliphatic heterocycles. The third-order valence-electron chi connectivity index (χ3n) is 5.08. The summed E-state index contributed by atoms with van der Waals surface area (Å²) in [5, 5.41) is 6.15. The highest BCUT2D eigenvalue weighted by molar-refractivity contribution is 7.16. The van der Waals surface area contributed by atoms with Crippen LogP contribution in [0.25, 0.3) is 11.3 Å². The van der Waals surface area contributed by atoms with Crippen LogP contribution in [0.1, 0.15) is 20.8 Å². The number of halogens is 4. The van der Waals surface area contributed by atoms with Crippen LogP contribution in [0.3, 0.4) is 0 Å². The van der Waals surface area contributed by atoms with E-state index in [4.69, 9.17) is 16.3 Å². The topological polar surface area (TPSA) is 80.3 Å². The fraction of sp³-hybridized carbons (Fsp3) is 0.115. The second-order valence-corrected chi connectivity index (χ2v) is 9.47. The van der Waals surface area contributed by atoms with Crippen molar-refractivity contribution in [1.29, 1.82) is 0 Å². The minimum absolute atomic E-state index is 0.00591. The molecule has 3 aromatic carbocycles. The molecule has 0 aliphatic carbocycles. The summed E-state index contributed by atoms with van der Waals surface area (Å²) in [5.74, 6) is -0.694. The van der Waals surface area contributed by atoms with Gasteiger partial charge in [0.25, 0.3) is 11.8 Å². The molecule has 2 amide bonds. The van der Waals surface area contributed by atoms with E-state index in [1.165, 1.54) is 47.7 Å². The van der Waals surface area contributed by atoms with Gasteiger partial charge in [0.2, 0.25) is 0 Å². The monoisotopic (exact) mass is 545 g/mol. The van der Waals surface area contributed by atoms with E-state index in [1.54, 1.807) is 12.1 Å². The number of nitrogens with zero attached hydrogens (tertiary/aromatic N) is 1. The van der Waals surface area contributed by atoms with Crippen LogP contribution in [0.15, 0.2) is 72.8 Å². The summed E-state index contributed by atoms with van der Waals surface area (Å²) in [6.07, 6.45) is -4.51. The Morgan fingerprint density at radius 3 is 2.43 bits per heavy atom. The summed E-state index contributed by atoms with van der Waals surface area (Å²) in [6.45, 7) is 1.48. The van der Waals surface area contributed by atoms with Crippen molar-refractivity contribution >= 4 is 45.6 Å². The van der Waals surface area contributed by atoms with Crippen molar-refractivity contribution < 1.29 is 27.5 Å². The number of thiazole rings is 1. The first-order valence-corrected chi connectivity index (χ1v) is 12.0. The molecule has 11 heteroatoms. The first-order valence-electron chi connectivity index (χ1n) is 10.8. The van der Waals surface area contributed by atoms with E-state index in [1.807, 2.05) is 19.1 Å². The molecule has 6 nitrogen and oxygen atoms in total. The molecule has 2 N–H and O–H groups in total. The minimum Gasteiger partial charge on any atom is -0.484 e. The van der Waals surface area contributed by atoms with Gasteiger partial charge in [0.15, 0.2) is 11.7 Å². The number of ether oxygens (including phenoxy) is 1. The van der Waals surface area contributed by atoms with E-state index in [0.717, 1.165) is 28.3 Å². The standard InChI is InChI=1S/C26H19ClF3N3O3S/c1-15-23(17-4-2-6-19(27)12-17)32-25(37-15)33-24(35)16-8-10-21(11-9-16)36-14-22(34)31-20-7-3-5-18(13-20)26(28,29)30/h2-13H,14H2,1H3,(H,31,34)(H,32,33,35). The van der Waals surface area contributed by atoms with Crippen molar-refractivity contribution in [2.45, 2.75) is 13.1 Å². The number of benzene rings is 3. The van der Waals surface area contributed by atoms with Gasteiger partial charge in [-0.25, -0.2) is 4.98 Å². The molecule has 0 saturated carbocycles. The number of carbonyl (C=O) groups is 2. The van der Waals surface area contributed by atoms with Crippen molar-refractivity contribution in [2.24, 2.45) is 0 Å². The summed E-state index contributed by atoms with van der Waals surface area (Å²) >= 11 is 7.40. The minimum atomic E-state index is -4.51. The summed E-state index contributed by atoms with van der Waals surface area (Å²) in [7, 11) is 0. The van der Waals surface area contributed by atoms with Crippen molar-refractivity contribution in [3.05, 3.63) is 93.8 Å². The van der Waals surface area contributed by atoms with Crippen molar-refractivity contribution in [3.8, 4) is 17.0 Å². The Balaban J connectivity index is 1.32. The lowest BCUT2D eigenvalue weighted by Crippen LogP contribution is -2.20. The first kappa shape index (κ1) is 26.2. The zero-order chi connectivity index (χ0) is 26.6. The molecular formula is C26H19ClF3N3O3S. The number of hydrogen-bond donors (Lipinski definition) is 2. The van der Waals surface area contributed by atoms with Crippen molar-refractivity contribution in [1.82, 2.24) is 4.98 Å². The van der Waals surface area contributed by atoms with E-state index >= 15 is 0 Å². The number of aryl methyl sites for hydroxylation is 1. The van der Waals surface area contributed by atoms with Crippen LogP contribution < -0.4 is 15.4 Å². The van der Waals surface area contributed by atoms with Gasteiger partial charge in [-0.2, -0.15) is 13.2 Å². The van der Waals surface area contributed by atoms with E-state index in [-0.39, 0.29) is 11.6 Å². The van der Waals surface area contributed by atoms with Crippen molar-refractivity contribution in [3.63, 3.8) is 0 Å². The molecule has 0 fully saturated rings. The summed E-state index contributed by atoms with van der Waals surface area (Å²) < 4.78 is 43.8. The Kier molecular flexibility index (Phi) is 7.80. The molecule has 0 aliphatic rings. The highest BCUT2D eigenvalue weighted by Gasteiger charge is 2.30. The van der Waals surface area contributed by atoms with Crippen LogP contribution in [-0.2, 0) is 11.0 Å². The van der Waals surface area contributed by atoms with E-state index in [2.05, 4.69) is 15.6 Å². The Morgan fingerprint density at radius 1 is 1.00 bits per heavy atom. The highest BCUT2D eigenvalue weighted by atomic mass is 35.5. The van der Waals surface area contributed by atoms with Gasteiger partial charge in [-0.15, -0.1) is 11.3 Å². The smallest absolute Gasteiger partial charge is 0.416 e. The number of alkyl halides is 3. The molecule has 0 radical (unpaired) electrons. The normalized spacial score (nSPS) is 11.2. The van der Waals surface area contributed by atoms with E-state index in [0.29, 0.717) is 21.5 Å². The van der Waals surface area contributed by atoms with E-state index in [9.17, 15) is 22.8 Å². The fourth-order valence-electron chi connectivity index (χ4n) is 3.34. The van der Waals surface area contributed by atoms with Crippen molar-refractivity contribution in [2.75, 3.05) is 17.2 Å². The SMILES string of the molecule is Cc1sc(NC(=O)c2ccc(OCC(=O)Nc3cccc(C(F)(F)F)c3)cc2)nc1-c1cccc(Cl)c1. The fourth-order valence-corrected chi connectivity index (χ4v) is 4.37. The molecular weight excluding hydrogens is 527 g/mol. The van der Waals surface area contributed by atoms with Gasteiger partial charge in [-0.05, 0) is 61.5 Å². The number of rotatable bonds is 7. The molecule has 4 aromatic rings.